The molecule has 0 aliphatic carbocycles. The average Bonchev–Trinajstić information content (AvgIpc) is 2.73. The lowest BCUT2D eigenvalue weighted by atomic mass is 9.95. The first-order valence-electron chi connectivity index (χ1n) is 9.41. The Morgan fingerprint density at radius 3 is 2.39 bits per heavy atom. The first-order valence-corrected chi connectivity index (χ1v) is 9.41. The molecule has 0 atom stereocenters. The van der Waals surface area contributed by atoms with E-state index in [1.54, 1.807) is 32.4 Å². The highest BCUT2D eigenvalue weighted by Crippen LogP contribution is 2.30. The molecule has 6 heteroatoms. The van der Waals surface area contributed by atoms with E-state index >= 15 is 0 Å². The Bertz CT molecular complexity index is 857. The maximum absolute atomic E-state index is 12.7. The highest BCUT2D eigenvalue weighted by Gasteiger charge is 2.28. The number of amides is 2. The van der Waals surface area contributed by atoms with Gasteiger partial charge in [-0.25, -0.2) is 0 Å². The molecule has 1 heterocycles. The minimum absolute atomic E-state index is 0.0337. The van der Waals surface area contributed by atoms with Crippen LogP contribution in [0.4, 0.5) is 5.69 Å². The van der Waals surface area contributed by atoms with Gasteiger partial charge in [-0.15, -0.1) is 0 Å². The summed E-state index contributed by atoms with van der Waals surface area (Å²) in [4.78, 5) is 27.3. The SMILES string of the molecule is COc1ccc(OC)c(NC(=O)C2CCN(C(=O)c3ccccc3C)CC2)c1. The fourth-order valence-corrected chi connectivity index (χ4v) is 3.47. The molecule has 1 saturated heterocycles. The molecule has 0 radical (unpaired) electrons. The fourth-order valence-electron chi connectivity index (χ4n) is 3.47. The summed E-state index contributed by atoms with van der Waals surface area (Å²) in [6.07, 6.45) is 1.27. The van der Waals surface area contributed by atoms with Crippen molar-refractivity contribution in [1.82, 2.24) is 4.90 Å². The molecule has 2 amide bonds. The maximum atomic E-state index is 12.7. The quantitative estimate of drug-likeness (QED) is 0.859. The van der Waals surface area contributed by atoms with E-state index in [9.17, 15) is 9.59 Å². The minimum Gasteiger partial charge on any atom is -0.497 e. The van der Waals surface area contributed by atoms with Crippen LogP contribution in [0.1, 0.15) is 28.8 Å². The van der Waals surface area contributed by atoms with Crippen LogP contribution in [0.3, 0.4) is 0 Å². The van der Waals surface area contributed by atoms with Gasteiger partial charge in [-0.2, -0.15) is 0 Å². The molecular weight excluding hydrogens is 356 g/mol. The lowest BCUT2D eigenvalue weighted by Gasteiger charge is -2.31. The van der Waals surface area contributed by atoms with E-state index in [0.717, 1.165) is 11.1 Å². The van der Waals surface area contributed by atoms with E-state index in [2.05, 4.69) is 5.32 Å². The van der Waals surface area contributed by atoms with Crippen LogP contribution < -0.4 is 14.8 Å². The number of hydrogen-bond donors (Lipinski definition) is 1. The summed E-state index contributed by atoms with van der Waals surface area (Å²) in [5.41, 5.74) is 2.29. The van der Waals surface area contributed by atoms with Gasteiger partial charge in [0.25, 0.3) is 5.91 Å². The van der Waals surface area contributed by atoms with Gasteiger partial charge in [-0.1, -0.05) is 18.2 Å². The topological polar surface area (TPSA) is 67.9 Å². The van der Waals surface area contributed by atoms with Gasteiger partial charge < -0.3 is 19.7 Å². The number of hydrogen-bond acceptors (Lipinski definition) is 4. The fraction of sp³-hybridized carbons (Fsp3) is 0.364. The van der Waals surface area contributed by atoms with Crippen molar-refractivity contribution in [3.05, 3.63) is 53.6 Å². The Balaban J connectivity index is 1.61. The van der Waals surface area contributed by atoms with Crippen LogP contribution in [0.15, 0.2) is 42.5 Å². The molecule has 0 unspecified atom stereocenters. The molecule has 0 spiro atoms. The number of nitrogens with one attached hydrogen (secondary N) is 1. The molecule has 3 rings (SSSR count). The molecule has 0 saturated carbocycles. The third kappa shape index (κ3) is 4.27. The van der Waals surface area contributed by atoms with Crippen LogP contribution in [-0.2, 0) is 4.79 Å². The van der Waals surface area contributed by atoms with E-state index in [1.807, 2.05) is 36.1 Å². The van der Waals surface area contributed by atoms with Crippen LogP contribution in [-0.4, -0.2) is 44.0 Å². The standard InChI is InChI=1S/C22H26N2O4/c1-15-6-4-5-7-18(15)22(26)24-12-10-16(11-13-24)21(25)23-19-14-17(27-2)8-9-20(19)28-3/h4-9,14,16H,10-13H2,1-3H3,(H,23,25). The second kappa shape index (κ2) is 8.78. The minimum atomic E-state index is -0.142. The summed E-state index contributed by atoms with van der Waals surface area (Å²) in [6, 6.07) is 12.9. The van der Waals surface area contributed by atoms with Crippen LogP contribution in [0.25, 0.3) is 0 Å². The zero-order valence-electron chi connectivity index (χ0n) is 16.5. The van der Waals surface area contributed by atoms with Gasteiger partial charge in [0, 0.05) is 30.6 Å². The summed E-state index contributed by atoms with van der Waals surface area (Å²) >= 11 is 0. The number of benzene rings is 2. The van der Waals surface area contributed by atoms with Gasteiger partial charge in [0.1, 0.15) is 11.5 Å². The highest BCUT2D eigenvalue weighted by atomic mass is 16.5. The number of carbonyl (C=O) groups is 2. The van der Waals surface area contributed by atoms with Crippen molar-refractivity contribution in [2.45, 2.75) is 19.8 Å². The number of rotatable bonds is 5. The smallest absolute Gasteiger partial charge is 0.254 e. The molecule has 1 N–H and O–H groups in total. The zero-order valence-corrected chi connectivity index (χ0v) is 16.5. The summed E-state index contributed by atoms with van der Waals surface area (Å²) in [6.45, 7) is 3.08. The van der Waals surface area contributed by atoms with Crippen molar-refractivity contribution in [2.24, 2.45) is 5.92 Å². The van der Waals surface area contributed by atoms with Crippen molar-refractivity contribution in [3.8, 4) is 11.5 Å². The van der Waals surface area contributed by atoms with Crippen molar-refractivity contribution >= 4 is 17.5 Å². The number of piperidine rings is 1. The monoisotopic (exact) mass is 382 g/mol. The molecule has 2 aromatic carbocycles. The molecule has 1 fully saturated rings. The van der Waals surface area contributed by atoms with Gasteiger partial charge in [0.15, 0.2) is 0 Å². The number of likely N-dealkylation sites (tertiary alicyclic amines) is 1. The van der Waals surface area contributed by atoms with Crippen LogP contribution in [0.2, 0.25) is 0 Å². The van der Waals surface area contributed by atoms with Crippen molar-refractivity contribution in [3.63, 3.8) is 0 Å². The van der Waals surface area contributed by atoms with Crippen LogP contribution in [0.5, 0.6) is 11.5 Å². The van der Waals surface area contributed by atoms with Crippen LogP contribution >= 0.6 is 0 Å². The summed E-state index contributed by atoms with van der Waals surface area (Å²) in [5.74, 6) is 1.06. The normalized spacial score (nSPS) is 14.5. The predicted octanol–water partition coefficient (Wildman–Crippen LogP) is 3.50. The number of aryl methyl sites for hydroxylation is 1. The van der Waals surface area contributed by atoms with Crippen molar-refractivity contribution in [2.75, 3.05) is 32.6 Å². The van der Waals surface area contributed by atoms with E-state index in [-0.39, 0.29) is 17.7 Å². The first-order chi connectivity index (χ1) is 13.5. The number of ether oxygens (including phenoxy) is 2. The molecule has 6 nitrogen and oxygen atoms in total. The highest BCUT2D eigenvalue weighted by molar-refractivity contribution is 5.96. The van der Waals surface area contributed by atoms with Gasteiger partial charge >= 0.3 is 0 Å². The number of carbonyl (C=O) groups excluding carboxylic acids is 2. The molecule has 1 aliphatic rings. The Hall–Kier alpha value is -3.02. The van der Waals surface area contributed by atoms with Gasteiger partial charge in [-0.05, 0) is 43.5 Å². The molecule has 2 aromatic rings. The van der Waals surface area contributed by atoms with Crippen molar-refractivity contribution < 1.29 is 19.1 Å². The Labute approximate surface area is 165 Å². The van der Waals surface area contributed by atoms with Gasteiger partial charge in [-0.3, -0.25) is 9.59 Å². The molecule has 28 heavy (non-hydrogen) atoms. The third-order valence-corrected chi connectivity index (χ3v) is 5.19. The number of anilines is 1. The lowest BCUT2D eigenvalue weighted by Crippen LogP contribution is -2.41. The predicted molar refractivity (Wildman–Crippen MR) is 108 cm³/mol. The van der Waals surface area contributed by atoms with Crippen molar-refractivity contribution in [1.29, 1.82) is 0 Å². The summed E-state index contributed by atoms with van der Waals surface area (Å²) < 4.78 is 10.5. The summed E-state index contributed by atoms with van der Waals surface area (Å²) in [5, 5.41) is 2.94. The van der Waals surface area contributed by atoms with Gasteiger partial charge in [0.2, 0.25) is 5.91 Å². The molecule has 1 aliphatic heterocycles. The third-order valence-electron chi connectivity index (χ3n) is 5.19. The van der Waals surface area contributed by atoms with E-state index < -0.39 is 0 Å². The number of nitrogens with zero attached hydrogens (tertiary/aromatic N) is 1. The average molecular weight is 382 g/mol. The second-order valence-corrected chi connectivity index (χ2v) is 6.94. The maximum Gasteiger partial charge on any atom is 0.254 e. The molecule has 148 valence electrons. The zero-order chi connectivity index (χ0) is 20.1. The van der Waals surface area contributed by atoms with E-state index in [4.69, 9.17) is 9.47 Å². The Kier molecular flexibility index (Phi) is 6.19. The lowest BCUT2D eigenvalue weighted by molar-refractivity contribution is -0.121. The molecule has 0 aromatic heterocycles. The molecular formula is C22H26N2O4. The van der Waals surface area contributed by atoms with E-state index in [0.29, 0.717) is 43.1 Å². The van der Waals surface area contributed by atoms with E-state index in [1.165, 1.54) is 0 Å². The van der Waals surface area contributed by atoms with Gasteiger partial charge in [0.05, 0.1) is 19.9 Å². The van der Waals surface area contributed by atoms with Crippen LogP contribution in [0, 0.1) is 12.8 Å². The summed E-state index contributed by atoms with van der Waals surface area (Å²) in [7, 11) is 3.14. The molecule has 0 bridgehead atoms. The largest absolute Gasteiger partial charge is 0.497 e. The second-order valence-electron chi connectivity index (χ2n) is 6.94. The Morgan fingerprint density at radius 2 is 1.75 bits per heavy atom. The first kappa shape index (κ1) is 19.7. The Morgan fingerprint density at radius 1 is 1.04 bits per heavy atom. The number of methoxy groups -OCH3 is 2.